The minimum absolute atomic E-state index is 0.0277. The highest BCUT2D eigenvalue weighted by Crippen LogP contribution is 2.30. The third-order valence-corrected chi connectivity index (χ3v) is 7.52. The van der Waals surface area contributed by atoms with Crippen LogP contribution in [0.4, 0.5) is 0 Å². The van der Waals surface area contributed by atoms with Gasteiger partial charge in [0.1, 0.15) is 5.75 Å². The lowest BCUT2D eigenvalue weighted by molar-refractivity contribution is -0.134. The molecule has 0 bridgehead atoms. The Balaban J connectivity index is 1.21. The van der Waals surface area contributed by atoms with Crippen molar-refractivity contribution in [2.75, 3.05) is 32.8 Å². The molecule has 1 aromatic carbocycles. The number of piperidine rings is 2. The number of amides is 2. The molecule has 2 saturated heterocycles. The fraction of sp³-hybridized carbons (Fsp3) is 0.464. The summed E-state index contributed by atoms with van der Waals surface area (Å²) in [5, 5.41) is 4.42. The number of likely N-dealkylation sites (tertiary alicyclic amines) is 2. The van der Waals surface area contributed by atoms with Crippen LogP contribution >= 0.6 is 0 Å². The molecule has 35 heavy (non-hydrogen) atoms. The van der Waals surface area contributed by atoms with Crippen molar-refractivity contribution in [1.29, 1.82) is 0 Å². The molecule has 0 radical (unpaired) electrons. The zero-order valence-corrected chi connectivity index (χ0v) is 20.7. The number of rotatable bonds is 5. The van der Waals surface area contributed by atoms with Crippen LogP contribution in [0.25, 0.3) is 5.52 Å². The maximum absolute atomic E-state index is 13.2. The molecule has 2 aliphatic rings. The minimum atomic E-state index is 0.0277. The first-order valence-electron chi connectivity index (χ1n) is 12.7. The lowest BCUT2D eigenvalue weighted by Gasteiger charge is -2.32. The molecule has 2 amide bonds. The molecule has 2 aliphatic heterocycles. The number of nitrogens with zero attached hydrogens (tertiary/aromatic N) is 4. The Morgan fingerprint density at radius 1 is 1.00 bits per heavy atom. The first kappa shape index (κ1) is 23.4. The number of ether oxygens (including phenoxy) is 1. The van der Waals surface area contributed by atoms with Crippen molar-refractivity contribution in [3.63, 3.8) is 0 Å². The van der Waals surface area contributed by atoms with Crippen LogP contribution in [0.1, 0.15) is 60.0 Å². The minimum Gasteiger partial charge on any atom is -0.484 e. The number of aromatic nitrogens is 2. The Hall–Kier alpha value is -3.35. The molecule has 0 spiro atoms. The fourth-order valence-corrected chi connectivity index (χ4v) is 5.20. The lowest BCUT2D eigenvalue weighted by Crippen LogP contribution is -2.40. The Kier molecular flexibility index (Phi) is 6.75. The number of benzene rings is 1. The van der Waals surface area contributed by atoms with E-state index in [0.717, 1.165) is 55.6 Å². The van der Waals surface area contributed by atoms with Gasteiger partial charge in [0.05, 0.1) is 17.3 Å². The van der Waals surface area contributed by atoms with Crippen LogP contribution in [0.2, 0.25) is 0 Å². The average molecular weight is 475 g/mol. The van der Waals surface area contributed by atoms with Gasteiger partial charge in [0.15, 0.2) is 6.61 Å². The summed E-state index contributed by atoms with van der Waals surface area (Å²) in [7, 11) is 0. The van der Waals surface area contributed by atoms with E-state index in [1.807, 2.05) is 47.2 Å². The normalized spacial score (nSPS) is 17.7. The van der Waals surface area contributed by atoms with Gasteiger partial charge in [0, 0.05) is 32.4 Å². The van der Waals surface area contributed by atoms with Gasteiger partial charge in [-0.3, -0.25) is 9.59 Å². The van der Waals surface area contributed by atoms with Gasteiger partial charge in [-0.05, 0) is 79.8 Å². The van der Waals surface area contributed by atoms with Crippen molar-refractivity contribution >= 4 is 17.3 Å². The van der Waals surface area contributed by atoms with E-state index in [0.29, 0.717) is 30.5 Å². The SMILES string of the molecule is Cc1cccc(OCC(=O)N2CCC(c3ccn4ncc(C(=O)N5CCC(C)CC5)c4c3)CC2)c1. The second-order valence-corrected chi connectivity index (χ2v) is 10.1. The molecule has 0 atom stereocenters. The Morgan fingerprint density at radius 3 is 2.49 bits per heavy atom. The van der Waals surface area contributed by atoms with E-state index in [2.05, 4.69) is 24.2 Å². The van der Waals surface area contributed by atoms with Gasteiger partial charge in [0.25, 0.3) is 11.8 Å². The molecular weight excluding hydrogens is 440 g/mol. The summed E-state index contributed by atoms with van der Waals surface area (Å²) in [6.07, 6.45) is 7.57. The molecule has 0 aliphatic carbocycles. The molecule has 5 rings (SSSR count). The maximum atomic E-state index is 13.2. The number of carbonyl (C=O) groups excluding carboxylic acids is 2. The molecule has 2 fully saturated rings. The van der Waals surface area contributed by atoms with E-state index in [9.17, 15) is 9.59 Å². The molecule has 7 heteroatoms. The average Bonchev–Trinajstić information content (AvgIpc) is 3.31. The number of pyridine rings is 1. The molecule has 184 valence electrons. The smallest absolute Gasteiger partial charge is 0.260 e. The molecule has 4 heterocycles. The predicted molar refractivity (Wildman–Crippen MR) is 135 cm³/mol. The topological polar surface area (TPSA) is 67.2 Å². The summed E-state index contributed by atoms with van der Waals surface area (Å²) < 4.78 is 7.50. The van der Waals surface area contributed by atoms with Crippen molar-refractivity contribution in [3.8, 4) is 5.75 Å². The van der Waals surface area contributed by atoms with Gasteiger partial charge in [-0.15, -0.1) is 0 Å². The summed E-state index contributed by atoms with van der Waals surface area (Å²) >= 11 is 0. The van der Waals surface area contributed by atoms with Crippen LogP contribution in [0.5, 0.6) is 5.75 Å². The number of hydrogen-bond donors (Lipinski definition) is 0. The molecule has 0 N–H and O–H groups in total. The largest absolute Gasteiger partial charge is 0.484 e. The van der Waals surface area contributed by atoms with Gasteiger partial charge in [-0.1, -0.05) is 19.1 Å². The summed E-state index contributed by atoms with van der Waals surface area (Å²) in [5.74, 6) is 1.88. The summed E-state index contributed by atoms with van der Waals surface area (Å²) in [5.41, 5.74) is 3.88. The van der Waals surface area contributed by atoms with Crippen molar-refractivity contribution < 1.29 is 14.3 Å². The molecular formula is C28H34N4O3. The van der Waals surface area contributed by atoms with E-state index < -0.39 is 0 Å². The van der Waals surface area contributed by atoms with Crippen molar-refractivity contribution in [1.82, 2.24) is 19.4 Å². The fourth-order valence-electron chi connectivity index (χ4n) is 5.20. The quantitative estimate of drug-likeness (QED) is 0.553. The zero-order chi connectivity index (χ0) is 24.4. The summed E-state index contributed by atoms with van der Waals surface area (Å²) in [4.78, 5) is 29.7. The van der Waals surface area contributed by atoms with E-state index in [4.69, 9.17) is 4.74 Å². The highest BCUT2D eigenvalue weighted by Gasteiger charge is 2.27. The number of carbonyl (C=O) groups is 2. The van der Waals surface area contributed by atoms with Gasteiger partial charge in [0.2, 0.25) is 0 Å². The number of fused-ring (bicyclic) bond motifs is 1. The van der Waals surface area contributed by atoms with E-state index in [1.54, 1.807) is 10.7 Å². The van der Waals surface area contributed by atoms with Crippen molar-refractivity contribution in [2.45, 2.75) is 45.4 Å². The Bertz CT molecular complexity index is 1200. The van der Waals surface area contributed by atoms with Gasteiger partial charge >= 0.3 is 0 Å². The second-order valence-electron chi connectivity index (χ2n) is 10.1. The standard InChI is InChI=1S/C28H34N4O3/c1-20-6-11-31(12-7-20)28(34)25-18-29-32-15-10-23(17-26(25)32)22-8-13-30(14-9-22)27(33)19-35-24-5-3-4-21(2)16-24/h3-5,10,15-18,20,22H,6-9,11-14,19H2,1-2H3. The third kappa shape index (κ3) is 5.19. The Morgan fingerprint density at radius 2 is 1.74 bits per heavy atom. The first-order valence-corrected chi connectivity index (χ1v) is 12.7. The van der Waals surface area contributed by atoms with Crippen LogP contribution in [0.15, 0.2) is 48.8 Å². The molecule has 3 aromatic rings. The molecule has 2 aromatic heterocycles. The third-order valence-electron chi connectivity index (χ3n) is 7.52. The van der Waals surface area contributed by atoms with Crippen LogP contribution in [0, 0.1) is 12.8 Å². The zero-order valence-electron chi connectivity index (χ0n) is 20.7. The lowest BCUT2D eigenvalue weighted by atomic mass is 9.89. The number of aryl methyl sites for hydroxylation is 1. The second kappa shape index (κ2) is 10.1. The molecule has 0 saturated carbocycles. The van der Waals surface area contributed by atoms with E-state index in [1.165, 1.54) is 5.56 Å². The highest BCUT2D eigenvalue weighted by molar-refractivity contribution is 6.00. The van der Waals surface area contributed by atoms with Crippen molar-refractivity contribution in [2.24, 2.45) is 5.92 Å². The Labute approximate surface area is 206 Å². The van der Waals surface area contributed by atoms with Crippen LogP contribution in [-0.4, -0.2) is 64.0 Å². The number of hydrogen-bond acceptors (Lipinski definition) is 4. The van der Waals surface area contributed by atoms with Crippen LogP contribution < -0.4 is 4.74 Å². The van der Waals surface area contributed by atoms with Crippen molar-refractivity contribution in [3.05, 3.63) is 65.5 Å². The van der Waals surface area contributed by atoms with Crippen LogP contribution in [-0.2, 0) is 4.79 Å². The van der Waals surface area contributed by atoms with Gasteiger partial charge in [-0.2, -0.15) is 5.10 Å². The monoisotopic (exact) mass is 474 g/mol. The molecule has 0 unspecified atom stereocenters. The highest BCUT2D eigenvalue weighted by atomic mass is 16.5. The van der Waals surface area contributed by atoms with E-state index in [-0.39, 0.29) is 18.4 Å². The maximum Gasteiger partial charge on any atom is 0.260 e. The molecule has 7 nitrogen and oxygen atoms in total. The van der Waals surface area contributed by atoms with E-state index >= 15 is 0 Å². The summed E-state index contributed by atoms with van der Waals surface area (Å²) in [6, 6.07) is 12.0. The van der Waals surface area contributed by atoms with Crippen LogP contribution in [0.3, 0.4) is 0 Å². The van der Waals surface area contributed by atoms with Gasteiger partial charge in [-0.25, -0.2) is 4.52 Å². The summed E-state index contributed by atoms with van der Waals surface area (Å²) in [6.45, 7) is 7.38. The van der Waals surface area contributed by atoms with Gasteiger partial charge < -0.3 is 14.5 Å². The first-order chi connectivity index (χ1) is 17.0. The predicted octanol–water partition coefficient (Wildman–Crippen LogP) is 4.30.